The van der Waals surface area contributed by atoms with E-state index in [0.29, 0.717) is 12.6 Å². The predicted octanol–water partition coefficient (Wildman–Crippen LogP) is 4.11. The van der Waals surface area contributed by atoms with Crippen LogP contribution in [0.2, 0.25) is 0 Å². The fraction of sp³-hybridized carbons (Fsp3) is 0.478. The summed E-state index contributed by atoms with van der Waals surface area (Å²) >= 11 is 0. The average Bonchev–Trinajstić information content (AvgIpc) is 3.34. The monoisotopic (exact) mass is 367 g/mol. The number of hydrogen-bond donors (Lipinski definition) is 1. The molecule has 2 aromatic carbocycles. The fourth-order valence-corrected chi connectivity index (χ4v) is 4.38. The highest BCUT2D eigenvalue weighted by Crippen LogP contribution is 2.38. The number of ether oxygens (including phenoxy) is 2. The summed E-state index contributed by atoms with van der Waals surface area (Å²) in [5.74, 6) is 1.68. The molecular weight excluding hydrogens is 338 g/mol. The number of rotatable bonds is 6. The first-order chi connectivity index (χ1) is 13.2. The molecule has 0 spiro atoms. The average molecular weight is 367 g/mol. The Morgan fingerprint density at radius 1 is 1.07 bits per heavy atom. The second kappa shape index (κ2) is 7.91. The molecule has 1 aliphatic heterocycles. The lowest BCUT2D eigenvalue weighted by Crippen LogP contribution is -2.30. The van der Waals surface area contributed by atoms with Crippen molar-refractivity contribution in [2.45, 2.75) is 50.4 Å². The molecule has 1 N–H and O–H groups in total. The number of aliphatic hydroxyl groups is 1. The van der Waals surface area contributed by atoms with Crippen molar-refractivity contribution in [3.8, 4) is 11.5 Å². The van der Waals surface area contributed by atoms with Crippen LogP contribution in [0.3, 0.4) is 0 Å². The molecule has 0 amide bonds. The van der Waals surface area contributed by atoms with E-state index >= 15 is 0 Å². The van der Waals surface area contributed by atoms with Gasteiger partial charge in [0.1, 0.15) is 5.60 Å². The first-order valence-corrected chi connectivity index (χ1v) is 10.0. The number of likely N-dealkylation sites (tertiary alicyclic amines) is 1. The van der Waals surface area contributed by atoms with Crippen LogP contribution in [0.5, 0.6) is 11.5 Å². The normalized spacial score (nSPS) is 23.6. The highest BCUT2D eigenvalue weighted by atomic mass is 16.5. The molecule has 0 aromatic heterocycles. The number of hydrogen-bond acceptors (Lipinski definition) is 4. The molecule has 1 saturated heterocycles. The minimum Gasteiger partial charge on any atom is -0.493 e. The lowest BCUT2D eigenvalue weighted by molar-refractivity contribution is 0.0451. The molecule has 144 valence electrons. The Labute approximate surface area is 161 Å². The highest BCUT2D eigenvalue weighted by molar-refractivity contribution is 5.47. The van der Waals surface area contributed by atoms with E-state index in [1.165, 1.54) is 12.8 Å². The van der Waals surface area contributed by atoms with E-state index in [4.69, 9.17) is 9.47 Å². The maximum Gasteiger partial charge on any atom is 0.166 e. The molecule has 0 radical (unpaired) electrons. The van der Waals surface area contributed by atoms with Gasteiger partial charge in [0, 0.05) is 25.2 Å². The lowest BCUT2D eigenvalue weighted by Gasteiger charge is -2.25. The van der Waals surface area contributed by atoms with Crippen LogP contribution >= 0.6 is 0 Å². The Balaban J connectivity index is 1.51. The molecule has 1 saturated carbocycles. The Morgan fingerprint density at radius 2 is 1.85 bits per heavy atom. The molecule has 2 aromatic rings. The van der Waals surface area contributed by atoms with Gasteiger partial charge in [-0.2, -0.15) is 0 Å². The minimum absolute atomic E-state index is 0.292. The summed E-state index contributed by atoms with van der Waals surface area (Å²) in [4.78, 5) is 2.31. The minimum atomic E-state index is -0.771. The predicted molar refractivity (Wildman–Crippen MR) is 106 cm³/mol. The van der Waals surface area contributed by atoms with Crippen LogP contribution in [-0.2, 0) is 12.1 Å². The van der Waals surface area contributed by atoms with Crippen molar-refractivity contribution in [3.05, 3.63) is 59.7 Å². The number of benzene rings is 2. The zero-order chi connectivity index (χ0) is 18.7. The van der Waals surface area contributed by atoms with Gasteiger partial charge in [-0.1, -0.05) is 42.5 Å². The fourth-order valence-electron chi connectivity index (χ4n) is 4.38. The van der Waals surface area contributed by atoms with Gasteiger partial charge in [-0.05, 0) is 43.7 Å². The van der Waals surface area contributed by atoms with Gasteiger partial charge in [0.25, 0.3) is 0 Å². The number of nitrogens with zero attached hydrogens (tertiary/aromatic N) is 1. The molecule has 1 unspecified atom stereocenters. The Bertz CT molecular complexity index is 757. The summed E-state index contributed by atoms with van der Waals surface area (Å²) in [6, 6.07) is 16.1. The molecule has 27 heavy (non-hydrogen) atoms. The van der Waals surface area contributed by atoms with Gasteiger partial charge in [-0.25, -0.2) is 0 Å². The van der Waals surface area contributed by atoms with Crippen LogP contribution in [-0.4, -0.2) is 36.3 Å². The van der Waals surface area contributed by atoms with E-state index in [9.17, 15) is 5.11 Å². The summed E-state index contributed by atoms with van der Waals surface area (Å²) in [6.45, 7) is 2.26. The molecule has 4 heteroatoms. The van der Waals surface area contributed by atoms with Crippen LogP contribution in [0.25, 0.3) is 0 Å². The van der Waals surface area contributed by atoms with Crippen molar-refractivity contribution < 1.29 is 14.6 Å². The molecule has 2 fully saturated rings. The molecule has 0 bridgehead atoms. The lowest BCUT2D eigenvalue weighted by atomic mass is 9.93. The zero-order valence-electron chi connectivity index (χ0n) is 16.1. The van der Waals surface area contributed by atoms with Crippen LogP contribution in [0, 0.1) is 0 Å². The maximum atomic E-state index is 11.1. The quantitative estimate of drug-likeness (QED) is 0.834. The van der Waals surface area contributed by atoms with Crippen molar-refractivity contribution >= 4 is 0 Å². The Hall–Kier alpha value is -2.04. The number of β-amino-alcohol motifs (C(OH)–C–C–N with tert-alkyl or cyclic N) is 1. The van der Waals surface area contributed by atoms with Gasteiger partial charge >= 0.3 is 0 Å². The van der Waals surface area contributed by atoms with Gasteiger partial charge in [-0.15, -0.1) is 0 Å². The second-order valence-electron chi connectivity index (χ2n) is 7.83. The largest absolute Gasteiger partial charge is 0.493 e. The van der Waals surface area contributed by atoms with E-state index in [2.05, 4.69) is 11.0 Å². The molecule has 1 aliphatic carbocycles. The molecular formula is C23H29NO3. The van der Waals surface area contributed by atoms with E-state index in [-0.39, 0.29) is 0 Å². The van der Waals surface area contributed by atoms with E-state index < -0.39 is 5.60 Å². The van der Waals surface area contributed by atoms with Gasteiger partial charge in [-0.3, -0.25) is 4.90 Å². The third-order valence-electron chi connectivity index (χ3n) is 5.90. The van der Waals surface area contributed by atoms with Crippen molar-refractivity contribution in [1.82, 2.24) is 4.90 Å². The third-order valence-corrected chi connectivity index (χ3v) is 5.90. The Kier molecular flexibility index (Phi) is 5.37. The SMILES string of the molecule is COc1cccc(CN2CCC(O)(c3ccccc3)C2)c1OC1CCCC1. The maximum absolute atomic E-state index is 11.1. The van der Waals surface area contributed by atoms with Crippen molar-refractivity contribution in [2.75, 3.05) is 20.2 Å². The van der Waals surface area contributed by atoms with Gasteiger partial charge < -0.3 is 14.6 Å². The number of methoxy groups -OCH3 is 1. The smallest absolute Gasteiger partial charge is 0.166 e. The first kappa shape index (κ1) is 18.3. The highest BCUT2D eigenvalue weighted by Gasteiger charge is 2.37. The van der Waals surface area contributed by atoms with Gasteiger partial charge in [0.15, 0.2) is 11.5 Å². The van der Waals surface area contributed by atoms with E-state index in [1.54, 1.807) is 7.11 Å². The van der Waals surface area contributed by atoms with Crippen molar-refractivity contribution in [1.29, 1.82) is 0 Å². The summed E-state index contributed by atoms with van der Waals surface area (Å²) in [6.07, 6.45) is 5.76. The number of para-hydroxylation sites is 1. The van der Waals surface area contributed by atoms with Gasteiger partial charge in [0.05, 0.1) is 13.2 Å². The summed E-state index contributed by atoms with van der Waals surface area (Å²) in [5.41, 5.74) is 1.37. The summed E-state index contributed by atoms with van der Waals surface area (Å²) in [7, 11) is 1.70. The molecule has 1 heterocycles. The summed E-state index contributed by atoms with van der Waals surface area (Å²) in [5, 5.41) is 11.1. The van der Waals surface area contributed by atoms with Crippen LogP contribution < -0.4 is 9.47 Å². The molecule has 4 rings (SSSR count). The zero-order valence-corrected chi connectivity index (χ0v) is 16.1. The molecule has 4 nitrogen and oxygen atoms in total. The van der Waals surface area contributed by atoms with Crippen molar-refractivity contribution in [2.24, 2.45) is 0 Å². The molecule has 1 atom stereocenters. The van der Waals surface area contributed by atoms with Crippen LogP contribution in [0.15, 0.2) is 48.5 Å². The van der Waals surface area contributed by atoms with E-state index in [1.807, 2.05) is 42.5 Å². The molecule has 2 aliphatic rings. The standard InChI is InChI=1S/C23H29NO3/c1-26-21-13-7-8-18(22(21)27-20-11-5-6-12-20)16-24-15-14-23(25,17-24)19-9-3-2-4-10-19/h2-4,7-10,13,20,25H,5-6,11-12,14-17H2,1H3. The summed E-state index contributed by atoms with van der Waals surface area (Å²) < 4.78 is 11.9. The second-order valence-corrected chi connectivity index (χ2v) is 7.83. The third kappa shape index (κ3) is 3.97. The van der Waals surface area contributed by atoms with Crippen LogP contribution in [0.1, 0.15) is 43.2 Å². The Morgan fingerprint density at radius 3 is 2.59 bits per heavy atom. The topological polar surface area (TPSA) is 41.9 Å². The van der Waals surface area contributed by atoms with Crippen molar-refractivity contribution in [3.63, 3.8) is 0 Å². The van der Waals surface area contributed by atoms with Gasteiger partial charge in [0.2, 0.25) is 0 Å². The van der Waals surface area contributed by atoms with E-state index in [0.717, 1.165) is 55.0 Å². The first-order valence-electron chi connectivity index (χ1n) is 10.0. The van der Waals surface area contributed by atoms with Crippen LogP contribution in [0.4, 0.5) is 0 Å².